The SMILES string of the molecule is O=C(O)CC(CC(I)C(I)CCI)C(=O)O. The Kier molecular flexibility index (Phi) is 9.76. The summed E-state index contributed by atoms with van der Waals surface area (Å²) in [6.45, 7) is 0. The van der Waals surface area contributed by atoms with E-state index < -0.39 is 17.9 Å². The van der Waals surface area contributed by atoms with Gasteiger partial charge in [-0.3, -0.25) is 9.59 Å². The van der Waals surface area contributed by atoms with E-state index in [1.807, 2.05) is 0 Å². The van der Waals surface area contributed by atoms with E-state index in [-0.39, 0.29) is 10.3 Å². The molecular weight excluding hydrogens is 553 g/mol. The smallest absolute Gasteiger partial charge is 0.307 e. The minimum Gasteiger partial charge on any atom is -0.481 e. The first-order chi connectivity index (χ1) is 7.38. The lowest BCUT2D eigenvalue weighted by atomic mass is 9.98. The number of hydrogen-bond donors (Lipinski definition) is 2. The van der Waals surface area contributed by atoms with Gasteiger partial charge in [0.1, 0.15) is 0 Å². The van der Waals surface area contributed by atoms with Gasteiger partial charge < -0.3 is 10.2 Å². The van der Waals surface area contributed by atoms with Crippen LogP contribution in [0.3, 0.4) is 0 Å². The van der Waals surface area contributed by atoms with Gasteiger partial charge in [0, 0.05) is 12.3 Å². The molecule has 0 aromatic heterocycles. The Bertz CT molecular complexity index is 247. The third kappa shape index (κ3) is 7.45. The fraction of sp³-hybridized carbons (Fsp3) is 0.778. The number of hydrogen-bond acceptors (Lipinski definition) is 2. The molecule has 16 heavy (non-hydrogen) atoms. The Hall–Kier alpha value is 1.13. The van der Waals surface area contributed by atoms with Crippen LogP contribution in [0.2, 0.25) is 0 Å². The Morgan fingerprint density at radius 1 is 1.12 bits per heavy atom. The van der Waals surface area contributed by atoms with E-state index in [1.54, 1.807) is 0 Å². The second-order valence-electron chi connectivity index (χ2n) is 3.38. The highest BCUT2D eigenvalue weighted by molar-refractivity contribution is 14.1. The van der Waals surface area contributed by atoms with E-state index in [9.17, 15) is 9.59 Å². The molecule has 0 aromatic carbocycles. The predicted octanol–water partition coefficient (Wildman–Crippen LogP) is 2.98. The first kappa shape index (κ1) is 17.1. The maximum Gasteiger partial charge on any atom is 0.307 e. The second kappa shape index (κ2) is 9.11. The molecule has 0 aromatic rings. The Morgan fingerprint density at radius 2 is 1.69 bits per heavy atom. The number of alkyl halides is 3. The van der Waals surface area contributed by atoms with Crippen molar-refractivity contribution in [3.8, 4) is 0 Å². The highest BCUT2D eigenvalue weighted by Crippen LogP contribution is 2.27. The monoisotopic (exact) mass is 566 g/mol. The molecule has 0 heterocycles. The van der Waals surface area contributed by atoms with E-state index in [0.717, 1.165) is 10.8 Å². The standard InChI is InChI=1S/C9H13I3O4/c10-2-1-6(11)7(12)3-5(9(15)16)4-8(13)14/h5-7H,1-4H2,(H,13,14)(H,15,16). The first-order valence-electron chi connectivity index (χ1n) is 4.67. The summed E-state index contributed by atoms with van der Waals surface area (Å²) >= 11 is 6.81. The Labute approximate surface area is 135 Å². The van der Waals surface area contributed by atoms with Crippen molar-refractivity contribution in [3.05, 3.63) is 0 Å². The summed E-state index contributed by atoms with van der Waals surface area (Å²) in [5.74, 6) is -2.83. The molecule has 94 valence electrons. The van der Waals surface area contributed by atoms with Crippen molar-refractivity contribution in [2.45, 2.75) is 27.1 Å². The fourth-order valence-corrected chi connectivity index (χ4v) is 4.63. The van der Waals surface area contributed by atoms with E-state index in [1.165, 1.54) is 0 Å². The lowest BCUT2D eigenvalue weighted by Crippen LogP contribution is -2.25. The number of carboxylic acids is 2. The van der Waals surface area contributed by atoms with Gasteiger partial charge in [0.05, 0.1) is 12.3 Å². The van der Waals surface area contributed by atoms with E-state index in [2.05, 4.69) is 67.8 Å². The van der Waals surface area contributed by atoms with Crippen LogP contribution in [0.5, 0.6) is 0 Å². The van der Waals surface area contributed by atoms with E-state index in [4.69, 9.17) is 10.2 Å². The largest absolute Gasteiger partial charge is 0.481 e. The number of aliphatic carboxylic acids is 2. The second-order valence-corrected chi connectivity index (χ2v) is 7.66. The topological polar surface area (TPSA) is 74.6 Å². The zero-order valence-corrected chi connectivity index (χ0v) is 14.9. The fourth-order valence-electron chi connectivity index (χ4n) is 1.19. The summed E-state index contributed by atoms with van der Waals surface area (Å²) in [7, 11) is 0. The van der Waals surface area contributed by atoms with E-state index in [0.29, 0.717) is 10.3 Å². The third-order valence-corrected chi connectivity index (χ3v) is 6.92. The van der Waals surface area contributed by atoms with Gasteiger partial charge >= 0.3 is 11.9 Å². The number of carbonyl (C=O) groups is 2. The molecule has 0 fully saturated rings. The van der Waals surface area contributed by atoms with Crippen molar-refractivity contribution < 1.29 is 19.8 Å². The van der Waals surface area contributed by atoms with E-state index >= 15 is 0 Å². The molecule has 0 amide bonds. The van der Waals surface area contributed by atoms with Gasteiger partial charge in [0.15, 0.2) is 0 Å². The quantitative estimate of drug-likeness (QED) is 0.351. The van der Waals surface area contributed by atoms with Gasteiger partial charge in [0.2, 0.25) is 0 Å². The van der Waals surface area contributed by atoms with Crippen molar-refractivity contribution in [3.63, 3.8) is 0 Å². The molecule has 0 aliphatic carbocycles. The van der Waals surface area contributed by atoms with Crippen LogP contribution in [0.15, 0.2) is 0 Å². The van der Waals surface area contributed by atoms with Crippen LogP contribution in [0.1, 0.15) is 19.3 Å². The van der Waals surface area contributed by atoms with Crippen molar-refractivity contribution in [2.75, 3.05) is 4.43 Å². The number of rotatable bonds is 8. The van der Waals surface area contributed by atoms with Gasteiger partial charge in [-0.15, -0.1) is 0 Å². The number of carboxylic acid groups (broad SMARTS) is 2. The van der Waals surface area contributed by atoms with Crippen LogP contribution in [-0.4, -0.2) is 34.4 Å². The maximum absolute atomic E-state index is 10.9. The third-order valence-electron chi connectivity index (χ3n) is 2.06. The number of halogens is 3. The molecule has 3 atom stereocenters. The lowest BCUT2D eigenvalue weighted by molar-refractivity contribution is -0.148. The summed E-state index contributed by atoms with van der Waals surface area (Å²) in [5, 5.41) is 17.5. The molecule has 0 saturated heterocycles. The molecular formula is C9H13I3O4. The lowest BCUT2D eigenvalue weighted by Gasteiger charge is -2.19. The molecule has 0 radical (unpaired) electrons. The zero-order chi connectivity index (χ0) is 12.7. The molecule has 2 N–H and O–H groups in total. The van der Waals surface area contributed by atoms with Gasteiger partial charge in [-0.05, 0) is 12.8 Å². The van der Waals surface area contributed by atoms with Gasteiger partial charge in [-0.2, -0.15) is 0 Å². The Balaban J connectivity index is 4.27. The summed E-state index contributed by atoms with van der Waals surface area (Å²) in [6.07, 6.45) is 1.16. The highest BCUT2D eigenvalue weighted by atomic mass is 127. The molecule has 3 unspecified atom stereocenters. The van der Waals surface area contributed by atoms with Gasteiger partial charge in [-0.25, -0.2) is 0 Å². The van der Waals surface area contributed by atoms with Gasteiger partial charge in [-0.1, -0.05) is 67.8 Å². The van der Waals surface area contributed by atoms with Crippen LogP contribution < -0.4 is 0 Å². The highest BCUT2D eigenvalue weighted by Gasteiger charge is 2.26. The zero-order valence-electron chi connectivity index (χ0n) is 8.41. The van der Waals surface area contributed by atoms with Crippen LogP contribution >= 0.6 is 67.8 Å². The summed E-state index contributed by atoms with van der Waals surface area (Å²) in [4.78, 5) is 21.4. The average molecular weight is 566 g/mol. The van der Waals surface area contributed by atoms with Crippen LogP contribution in [0, 0.1) is 5.92 Å². The van der Waals surface area contributed by atoms with Crippen LogP contribution in [0.25, 0.3) is 0 Å². The summed E-state index contributed by atoms with van der Waals surface area (Å²) in [6, 6.07) is 0. The Morgan fingerprint density at radius 3 is 2.06 bits per heavy atom. The molecule has 4 nitrogen and oxygen atoms in total. The molecule has 0 rings (SSSR count). The predicted molar refractivity (Wildman–Crippen MR) is 87.1 cm³/mol. The maximum atomic E-state index is 10.9. The first-order valence-corrected chi connectivity index (χ1v) is 8.68. The molecule has 0 saturated carbocycles. The van der Waals surface area contributed by atoms with Crippen LogP contribution in [-0.2, 0) is 9.59 Å². The molecule has 0 aliphatic rings. The van der Waals surface area contributed by atoms with Crippen molar-refractivity contribution >= 4 is 79.7 Å². The minimum atomic E-state index is -1.05. The molecule has 0 bridgehead atoms. The molecule has 7 heteroatoms. The summed E-state index contributed by atoms with van der Waals surface area (Å²) < 4.78 is 1.63. The average Bonchev–Trinajstić information content (AvgIpc) is 2.16. The normalized spacial score (nSPS) is 16.4. The van der Waals surface area contributed by atoms with Crippen molar-refractivity contribution in [2.24, 2.45) is 5.92 Å². The minimum absolute atomic E-state index is 0.202. The van der Waals surface area contributed by atoms with Crippen molar-refractivity contribution in [1.29, 1.82) is 0 Å². The molecule has 0 spiro atoms. The van der Waals surface area contributed by atoms with Crippen LogP contribution in [0.4, 0.5) is 0 Å². The van der Waals surface area contributed by atoms with Crippen molar-refractivity contribution in [1.82, 2.24) is 0 Å². The molecule has 0 aliphatic heterocycles. The van der Waals surface area contributed by atoms with Gasteiger partial charge in [0.25, 0.3) is 0 Å². The summed E-state index contributed by atoms with van der Waals surface area (Å²) in [5.41, 5.74) is 0.